The Bertz CT molecular complexity index is 823. The number of aryl methyl sites for hydroxylation is 1. The molecule has 0 aliphatic heterocycles. The highest BCUT2D eigenvalue weighted by molar-refractivity contribution is 14.0. The monoisotopic (exact) mass is 543 g/mol. The predicted octanol–water partition coefficient (Wildman–Crippen LogP) is 3.47. The molecule has 3 N–H and O–H groups in total. The lowest BCUT2D eigenvalue weighted by atomic mass is 10.1. The van der Waals surface area contributed by atoms with Gasteiger partial charge in [-0.3, -0.25) is 4.99 Å². The third-order valence-electron chi connectivity index (χ3n) is 4.70. The minimum absolute atomic E-state index is 0. The lowest BCUT2D eigenvalue weighted by Crippen LogP contribution is -2.38. The fourth-order valence-electron chi connectivity index (χ4n) is 2.99. The van der Waals surface area contributed by atoms with Gasteiger partial charge in [0, 0.05) is 19.2 Å². The molecule has 0 spiro atoms. The second-order valence-electron chi connectivity index (χ2n) is 6.86. The van der Waals surface area contributed by atoms with Gasteiger partial charge < -0.3 is 30.0 Å². The van der Waals surface area contributed by atoms with Crippen molar-refractivity contribution in [3.05, 3.63) is 53.1 Å². The summed E-state index contributed by atoms with van der Waals surface area (Å²) in [7, 11) is 4.85. The number of rotatable bonds is 10. The van der Waals surface area contributed by atoms with Crippen LogP contribution >= 0.6 is 24.0 Å². The Morgan fingerprint density at radius 2 is 1.68 bits per heavy atom. The summed E-state index contributed by atoms with van der Waals surface area (Å²) in [6.07, 6.45) is 0.0577. The number of aliphatic hydroxyl groups is 1. The maximum Gasteiger partial charge on any atom is 0.191 e. The van der Waals surface area contributed by atoms with E-state index in [1.807, 2.05) is 13.8 Å². The standard InChI is InChI=1S/C23H33N3O4.HI/c1-6-24-23(25-10-9-17-8-7-16(2)22(11-17)30-5)26-15-21(27)18-12-19(28-3)14-20(13-18)29-4;/h7-8,11-14,21,27H,6,9-10,15H2,1-5H3,(H2,24,25,26);1H. The van der Waals surface area contributed by atoms with Gasteiger partial charge in [0.2, 0.25) is 0 Å². The van der Waals surface area contributed by atoms with Crippen molar-refractivity contribution in [3.63, 3.8) is 0 Å². The van der Waals surface area contributed by atoms with E-state index >= 15 is 0 Å². The van der Waals surface area contributed by atoms with Crippen LogP contribution in [0.15, 0.2) is 41.4 Å². The third kappa shape index (κ3) is 8.45. The lowest BCUT2D eigenvalue weighted by molar-refractivity contribution is 0.186. The summed E-state index contributed by atoms with van der Waals surface area (Å²) >= 11 is 0. The molecule has 0 fully saturated rings. The first-order valence-corrected chi connectivity index (χ1v) is 10.1. The number of aliphatic imine (C=N–C) groups is 1. The second kappa shape index (κ2) is 14.0. The predicted molar refractivity (Wildman–Crippen MR) is 135 cm³/mol. The highest BCUT2D eigenvalue weighted by Crippen LogP contribution is 2.26. The number of benzene rings is 2. The smallest absolute Gasteiger partial charge is 0.191 e. The van der Waals surface area contributed by atoms with Crippen LogP contribution in [0.3, 0.4) is 0 Å². The largest absolute Gasteiger partial charge is 0.497 e. The molecule has 2 rings (SSSR count). The van der Waals surface area contributed by atoms with Crippen molar-refractivity contribution in [3.8, 4) is 17.2 Å². The molecule has 0 bridgehead atoms. The number of nitrogens with one attached hydrogen (secondary N) is 2. The number of halogens is 1. The number of aliphatic hydroxyl groups excluding tert-OH is 1. The van der Waals surface area contributed by atoms with Crippen LogP contribution in [-0.2, 0) is 6.42 Å². The van der Waals surface area contributed by atoms with E-state index < -0.39 is 6.10 Å². The highest BCUT2D eigenvalue weighted by Gasteiger charge is 2.11. The molecule has 31 heavy (non-hydrogen) atoms. The zero-order valence-corrected chi connectivity index (χ0v) is 21.2. The van der Waals surface area contributed by atoms with Crippen molar-refractivity contribution in [2.75, 3.05) is 41.0 Å². The van der Waals surface area contributed by atoms with Gasteiger partial charge >= 0.3 is 0 Å². The normalized spacial score (nSPS) is 11.9. The molecule has 0 aromatic heterocycles. The molecule has 0 heterocycles. The van der Waals surface area contributed by atoms with Gasteiger partial charge in [-0.2, -0.15) is 0 Å². The molecule has 0 saturated carbocycles. The van der Waals surface area contributed by atoms with E-state index in [0.29, 0.717) is 29.6 Å². The van der Waals surface area contributed by atoms with E-state index in [9.17, 15) is 5.11 Å². The van der Waals surface area contributed by atoms with E-state index in [1.165, 1.54) is 5.56 Å². The summed E-state index contributed by atoms with van der Waals surface area (Å²) in [5.41, 5.74) is 2.99. The summed E-state index contributed by atoms with van der Waals surface area (Å²) in [4.78, 5) is 4.52. The number of guanidine groups is 1. The lowest BCUT2D eigenvalue weighted by Gasteiger charge is -2.15. The molecule has 0 aliphatic rings. The van der Waals surface area contributed by atoms with E-state index in [2.05, 4.69) is 33.8 Å². The first-order chi connectivity index (χ1) is 14.5. The Morgan fingerprint density at radius 3 is 2.26 bits per heavy atom. The fraction of sp³-hybridized carbons (Fsp3) is 0.435. The van der Waals surface area contributed by atoms with Crippen molar-refractivity contribution in [1.82, 2.24) is 10.6 Å². The van der Waals surface area contributed by atoms with Crippen molar-refractivity contribution >= 4 is 29.9 Å². The Labute approximate surface area is 202 Å². The van der Waals surface area contributed by atoms with Crippen LogP contribution in [0, 0.1) is 6.92 Å². The van der Waals surface area contributed by atoms with Crippen molar-refractivity contribution in [2.24, 2.45) is 4.99 Å². The van der Waals surface area contributed by atoms with Crippen LogP contribution in [-0.4, -0.2) is 52.0 Å². The number of nitrogens with zero attached hydrogens (tertiary/aromatic N) is 1. The Kier molecular flexibility index (Phi) is 12.1. The van der Waals surface area contributed by atoms with Gasteiger partial charge in [-0.05, 0) is 55.2 Å². The zero-order valence-electron chi connectivity index (χ0n) is 18.9. The minimum Gasteiger partial charge on any atom is -0.497 e. The van der Waals surface area contributed by atoms with Crippen LogP contribution in [0.25, 0.3) is 0 Å². The topological polar surface area (TPSA) is 84.3 Å². The Balaban J connectivity index is 0.00000480. The van der Waals surface area contributed by atoms with Crippen LogP contribution in [0.5, 0.6) is 17.2 Å². The highest BCUT2D eigenvalue weighted by atomic mass is 127. The quantitative estimate of drug-likeness (QED) is 0.242. The Hall–Kier alpha value is -2.20. The molecule has 1 unspecified atom stereocenters. The van der Waals surface area contributed by atoms with E-state index in [4.69, 9.17) is 14.2 Å². The third-order valence-corrected chi connectivity index (χ3v) is 4.70. The van der Waals surface area contributed by atoms with Crippen LogP contribution in [0.1, 0.15) is 29.7 Å². The molecule has 2 aromatic rings. The molecule has 8 heteroatoms. The van der Waals surface area contributed by atoms with E-state index in [1.54, 1.807) is 39.5 Å². The molecular formula is C23H34IN3O4. The molecule has 0 aliphatic carbocycles. The maximum atomic E-state index is 10.6. The van der Waals surface area contributed by atoms with Crippen molar-refractivity contribution in [2.45, 2.75) is 26.4 Å². The molecule has 0 amide bonds. The molecule has 172 valence electrons. The number of hydrogen-bond donors (Lipinski definition) is 3. The molecular weight excluding hydrogens is 509 g/mol. The van der Waals surface area contributed by atoms with Crippen LogP contribution < -0.4 is 24.8 Å². The summed E-state index contributed by atoms with van der Waals surface area (Å²) < 4.78 is 15.9. The number of hydrogen-bond acceptors (Lipinski definition) is 5. The van der Waals surface area contributed by atoms with Gasteiger partial charge in [-0.25, -0.2) is 0 Å². The summed E-state index contributed by atoms with van der Waals surface area (Å²) in [6, 6.07) is 11.6. The first-order valence-electron chi connectivity index (χ1n) is 10.1. The second-order valence-corrected chi connectivity index (χ2v) is 6.86. The van der Waals surface area contributed by atoms with Crippen LogP contribution in [0.2, 0.25) is 0 Å². The minimum atomic E-state index is -0.772. The molecule has 0 radical (unpaired) electrons. The van der Waals surface area contributed by atoms with Gasteiger partial charge in [0.05, 0.1) is 34.0 Å². The average Bonchev–Trinajstić information content (AvgIpc) is 2.77. The summed E-state index contributed by atoms with van der Waals surface area (Å²) in [5, 5.41) is 17.1. The SMILES string of the molecule is CCNC(=NCC(O)c1cc(OC)cc(OC)c1)NCCc1ccc(C)c(OC)c1.I. The summed E-state index contributed by atoms with van der Waals surface area (Å²) in [6.45, 7) is 5.68. The average molecular weight is 543 g/mol. The molecule has 1 atom stereocenters. The Morgan fingerprint density at radius 1 is 1.00 bits per heavy atom. The van der Waals surface area contributed by atoms with Gasteiger partial charge in [0.1, 0.15) is 17.2 Å². The van der Waals surface area contributed by atoms with Gasteiger partial charge in [0.15, 0.2) is 5.96 Å². The number of methoxy groups -OCH3 is 3. The molecule has 2 aromatic carbocycles. The van der Waals surface area contributed by atoms with Crippen molar-refractivity contribution in [1.29, 1.82) is 0 Å². The van der Waals surface area contributed by atoms with Gasteiger partial charge in [0.25, 0.3) is 0 Å². The van der Waals surface area contributed by atoms with Crippen molar-refractivity contribution < 1.29 is 19.3 Å². The van der Waals surface area contributed by atoms with Gasteiger partial charge in [-0.15, -0.1) is 24.0 Å². The van der Waals surface area contributed by atoms with E-state index in [-0.39, 0.29) is 30.5 Å². The fourth-order valence-corrected chi connectivity index (χ4v) is 2.99. The van der Waals surface area contributed by atoms with Crippen LogP contribution in [0.4, 0.5) is 0 Å². The maximum absolute atomic E-state index is 10.6. The van der Waals surface area contributed by atoms with Gasteiger partial charge in [-0.1, -0.05) is 12.1 Å². The first kappa shape index (κ1) is 26.8. The van der Waals surface area contributed by atoms with E-state index in [0.717, 1.165) is 24.3 Å². The molecule has 0 saturated heterocycles. The number of ether oxygens (including phenoxy) is 3. The summed E-state index contributed by atoms with van der Waals surface area (Å²) in [5.74, 6) is 2.81. The zero-order chi connectivity index (χ0) is 21.9. The molecule has 7 nitrogen and oxygen atoms in total.